The molecule has 0 aliphatic carbocycles. The number of hydrogen-bond acceptors (Lipinski definition) is 2. The van der Waals surface area contributed by atoms with Gasteiger partial charge in [0.05, 0.1) is 10.1 Å². The van der Waals surface area contributed by atoms with E-state index >= 15 is 0 Å². The van der Waals surface area contributed by atoms with Crippen LogP contribution < -0.4 is 5.32 Å². The van der Waals surface area contributed by atoms with E-state index in [2.05, 4.69) is 69.9 Å². The Morgan fingerprint density at radius 3 is 2.90 bits per heavy atom. The summed E-state index contributed by atoms with van der Waals surface area (Å²) in [6.07, 6.45) is 1.08. The molecule has 1 aliphatic rings. The van der Waals surface area contributed by atoms with E-state index in [1.165, 1.54) is 26.6 Å². The molecule has 1 fully saturated rings. The van der Waals surface area contributed by atoms with Crippen LogP contribution in [-0.4, -0.2) is 42.2 Å². The number of fused-ring (bicyclic) bond motifs is 1. The molecule has 0 amide bonds. The maximum Gasteiger partial charge on any atom is 0.0887 e. The number of aromatic nitrogens is 1. The van der Waals surface area contributed by atoms with Gasteiger partial charge in [-0.05, 0) is 47.4 Å². The molecular weight excluding hydrogens is 314 g/mol. The monoisotopic (exact) mass is 335 g/mol. The summed E-state index contributed by atoms with van der Waals surface area (Å²) in [6.45, 7) is 5.54. The lowest BCUT2D eigenvalue weighted by molar-refractivity contribution is 0.238. The molecule has 0 bridgehead atoms. The van der Waals surface area contributed by atoms with Crippen LogP contribution in [0.3, 0.4) is 0 Å². The highest BCUT2D eigenvalue weighted by atomic mass is 79.9. The van der Waals surface area contributed by atoms with Crippen LogP contribution >= 0.6 is 15.9 Å². The fourth-order valence-corrected chi connectivity index (χ4v) is 3.88. The molecule has 1 aliphatic heterocycles. The molecule has 2 heterocycles. The van der Waals surface area contributed by atoms with Crippen molar-refractivity contribution in [1.29, 1.82) is 0 Å². The van der Waals surface area contributed by atoms with Crippen LogP contribution in [0.5, 0.6) is 0 Å². The third-order valence-corrected chi connectivity index (χ3v) is 5.36. The zero-order valence-electron chi connectivity index (χ0n) is 12.4. The Labute approximate surface area is 129 Å². The Balaban J connectivity index is 1.99. The lowest BCUT2D eigenvalue weighted by atomic mass is 10.0. The van der Waals surface area contributed by atoms with E-state index in [1.54, 1.807) is 0 Å². The van der Waals surface area contributed by atoms with Crippen LogP contribution in [0.15, 0.2) is 22.8 Å². The number of likely N-dealkylation sites (N-methyl/N-ethyl adjacent to an activating group) is 1. The second-order valence-electron chi connectivity index (χ2n) is 5.92. The number of nitrogens with one attached hydrogen (secondary N) is 1. The van der Waals surface area contributed by atoms with Gasteiger partial charge in [-0.15, -0.1) is 0 Å². The van der Waals surface area contributed by atoms with Crippen LogP contribution in [0.1, 0.15) is 11.1 Å². The smallest absolute Gasteiger partial charge is 0.0887 e. The second-order valence-corrected chi connectivity index (χ2v) is 6.67. The number of piperazine rings is 1. The van der Waals surface area contributed by atoms with Crippen molar-refractivity contribution in [3.05, 3.63) is 33.9 Å². The van der Waals surface area contributed by atoms with Gasteiger partial charge in [0, 0.05) is 38.1 Å². The minimum absolute atomic E-state index is 0.538. The standard InChI is InChI=1S/C16H22BrN3/c1-11-5-4-6-13-14(16(17)20(3)15(11)13)9-12-10-19(2)8-7-18-12/h4-6,12,18H,7-10H2,1-3H3. The molecule has 0 spiro atoms. The van der Waals surface area contributed by atoms with Gasteiger partial charge >= 0.3 is 0 Å². The van der Waals surface area contributed by atoms with Gasteiger partial charge in [0.15, 0.2) is 0 Å². The first kappa shape index (κ1) is 14.1. The predicted octanol–water partition coefficient (Wildman–Crippen LogP) is 2.70. The molecule has 1 aromatic carbocycles. The average Bonchev–Trinajstić information content (AvgIpc) is 2.65. The molecule has 1 saturated heterocycles. The number of para-hydroxylation sites is 1. The first-order chi connectivity index (χ1) is 9.58. The summed E-state index contributed by atoms with van der Waals surface area (Å²) < 4.78 is 3.49. The summed E-state index contributed by atoms with van der Waals surface area (Å²) in [5.74, 6) is 0. The summed E-state index contributed by atoms with van der Waals surface area (Å²) >= 11 is 3.79. The number of rotatable bonds is 2. The third-order valence-electron chi connectivity index (χ3n) is 4.35. The minimum atomic E-state index is 0.538. The fraction of sp³-hybridized carbons (Fsp3) is 0.500. The number of hydrogen-bond donors (Lipinski definition) is 1. The lowest BCUT2D eigenvalue weighted by Crippen LogP contribution is -2.49. The maximum atomic E-state index is 3.79. The molecule has 1 atom stereocenters. The van der Waals surface area contributed by atoms with E-state index in [1.807, 2.05) is 0 Å². The molecule has 0 saturated carbocycles. The van der Waals surface area contributed by atoms with E-state index in [0.29, 0.717) is 6.04 Å². The van der Waals surface area contributed by atoms with Gasteiger partial charge in [-0.1, -0.05) is 18.2 Å². The van der Waals surface area contributed by atoms with Crippen LogP contribution in [0.2, 0.25) is 0 Å². The number of nitrogens with zero attached hydrogens (tertiary/aromatic N) is 2. The highest BCUT2D eigenvalue weighted by molar-refractivity contribution is 9.10. The molecule has 3 rings (SSSR count). The zero-order valence-corrected chi connectivity index (χ0v) is 14.0. The largest absolute Gasteiger partial charge is 0.338 e. The lowest BCUT2D eigenvalue weighted by Gasteiger charge is -2.31. The van der Waals surface area contributed by atoms with E-state index in [0.717, 1.165) is 26.1 Å². The molecule has 4 heteroatoms. The normalized spacial score (nSPS) is 20.7. The summed E-state index contributed by atoms with van der Waals surface area (Å²) in [5, 5.41) is 5.03. The van der Waals surface area contributed by atoms with Crippen molar-refractivity contribution < 1.29 is 0 Å². The predicted molar refractivity (Wildman–Crippen MR) is 88.3 cm³/mol. The van der Waals surface area contributed by atoms with Crippen LogP contribution in [0.4, 0.5) is 0 Å². The van der Waals surface area contributed by atoms with Gasteiger partial charge in [-0.2, -0.15) is 0 Å². The summed E-state index contributed by atoms with van der Waals surface area (Å²) in [7, 11) is 4.35. The van der Waals surface area contributed by atoms with Crippen molar-refractivity contribution in [1.82, 2.24) is 14.8 Å². The van der Waals surface area contributed by atoms with Crippen LogP contribution in [0.25, 0.3) is 10.9 Å². The van der Waals surface area contributed by atoms with Crippen LogP contribution in [0, 0.1) is 6.92 Å². The van der Waals surface area contributed by atoms with E-state index < -0.39 is 0 Å². The molecule has 1 aromatic heterocycles. The van der Waals surface area contributed by atoms with Gasteiger partial charge < -0.3 is 14.8 Å². The maximum absolute atomic E-state index is 3.79. The SMILES string of the molecule is Cc1cccc2c(CC3CN(C)CCN3)c(Br)n(C)c12. The van der Waals surface area contributed by atoms with Gasteiger partial charge in [0.1, 0.15) is 0 Å². The van der Waals surface area contributed by atoms with E-state index in [4.69, 9.17) is 0 Å². The van der Waals surface area contributed by atoms with Crippen molar-refractivity contribution in [3.8, 4) is 0 Å². The Morgan fingerprint density at radius 1 is 1.35 bits per heavy atom. The first-order valence-electron chi connectivity index (χ1n) is 7.22. The molecule has 1 N–H and O–H groups in total. The fourth-order valence-electron chi connectivity index (χ4n) is 3.33. The molecule has 0 radical (unpaired) electrons. The summed E-state index contributed by atoms with van der Waals surface area (Å²) in [4.78, 5) is 2.41. The Hall–Kier alpha value is -0.840. The first-order valence-corrected chi connectivity index (χ1v) is 8.01. The summed E-state index contributed by atoms with van der Waals surface area (Å²) in [6, 6.07) is 7.13. The van der Waals surface area contributed by atoms with Gasteiger partial charge in [-0.25, -0.2) is 0 Å². The molecular formula is C16H22BrN3. The number of halogens is 1. The van der Waals surface area contributed by atoms with Gasteiger partial charge in [-0.3, -0.25) is 0 Å². The molecule has 1 unspecified atom stereocenters. The third kappa shape index (κ3) is 2.41. The topological polar surface area (TPSA) is 20.2 Å². The van der Waals surface area contributed by atoms with Crippen molar-refractivity contribution in [2.75, 3.05) is 26.7 Å². The van der Waals surface area contributed by atoms with Crippen molar-refractivity contribution in [3.63, 3.8) is 0 Å². The molecule has 108 valence electrons. The quantitative estimate of drug-likeness (QED) is 0.910. The van der Waals surface area contributed by atoms with Crippen molar-refractivity contribution >= 4 is 26.8 Å². The Kier molecular flexibility index (Phi) is 3.89. The Bertz CT molecular complexity index is 632. The van der Waals surface area contributed by atoms with Gasteiger partial charge in [0.25, 0.3) is 0 Å². The zero-order chi connectivity index (χ0) is 14.3. The number of aryl methyl sites for hydroxylation is 2. The average molecular weight is 336 g/mol. The highest BCUT2D eigenvalue weighted by Gasteiger charge is 2.21. The highest BCUT2D eigenvalue weighted by Crippen LogP contribution is 2.32. The molecule has 20 heavy (non-hydrogen) atoms. The molecule has 2 aromatic rings. The minimum Gasteiger partial charge on any atom is -0.338 e. The molecule has 3 nitrogen and oxygen atoms in total. The van der Waals surface area contributed by atoms with E-state index in [-0.39, 0.29) is 0 Å². The van der Waals surface area contributed by atoms with Crippen molar-refractivity contribution in [2.24, 2.45) is 7.05 Å². The Morgan fingerprint density at radius 2 is 2.15 bits per heavy atom. The number of benzene rings is 1. The second kappa shape index (κ2) is 5.51. The summed E-state index contributed by atoms with van der Waals surface area (Å²) in [5.41, 5.74) is 4.11. The van der Waals surface area contributed by atoms with Gasteiger partial charge in [0.2, 0.25) is 0 Å². The van der Waals surface area contributed by atoms with Crippen LogP contribution in [-0.2, 0) is 13.5 Å². The van der Waals surface area contributed by atoms with Crippen molar-refractivity contribution in [2.45, 2.75) is 19.4 Å². The van der Waals surface area contributed by atoms with E-state index in [9.17, 15) is 0 Å².